The molecule has 0 spiro atoms. The van der Waals surface area contributed by atoms with Gasteiger partial charge in [-0.25, -0.2) is 8.42 Å². The molecule has 1 heterocycles. The predicted molar refractivity (Wildman–Crippen MR) is 97.1 cm³/mol. The van der Waals surface area contributed by atoms with Crippen molar-refractivity contribution in [2.45, 2.75) is 13.0 Å². The van der Waals surface area contributed by atoms with E-state index in [0.29, 0.717) is 31.9 Å². The summed E-state index contributed by atoms with van der Waals surface area (Å²) in [6.07, 6.45) is 2.01. The molecule has 9 heteroatoms. The normalized spacial score (nSPS) is 15.2. The minimum atomic E-state index is -3.47. The van der Waals surface area contributed by atoms with E-state index >= 15 is 0 Å². The first-order chi connectivity index (χ1) is 12.3. The average Bonchev–Trinajstić information content (AvgIpc) is 2.64. The summed E-state index contributed by atoms with van der Waals surface area (Å²) in [5.41, 5.74) is 0.743. The van der Waals surface area contributed by atoms with Crippen LogP contribution in [0.1, 0.15) is 12.0 Å². The van der Waals surface area contributed by atoms with E-state index in [2.05, 4.69) is 0 Å². The van der Waals surface area contributed by atoms with Gasteiger partial charge in [0, 0.05) is 51.3 Å². The molecule has 0 radical (unpaired) electrons. The van der Waals surface area contributed by atoms with Gasteiger partial charge in [0.2, 0.25) is 22.3 Å². The van der Waals surface area contributed by atoms with E-state index in [1.807, 2.05) is 12.1 Å². The van der Waals surface area contributed by atoms with Crippen molar-refractivity contribution in [1.29, 1.82) is 0 Å². The predicted octanol–water partition coefficient (Wildman–Crippen LogP) is 0.148. The molecule has 8 nitrogen and oxygen atoms in total. The van der Waals surface area contributed by atoms with Crippen molar-refractivity contribution < 1.29 is 22.7 Å². The standard InChI is InChI=1S/C17H25N3O5S/c1-25-16-6-4-3-5-15(16)13-20(26(2,23)24)8-7-17(22)19-11-9-18(14-21)10-12-19/h3-6,14H,7-13H2,1-2H3. The largest absolute Gasteiger partial charge is 0.496 e. The molecule has 0 aromatic heterocycles. The van der Waals surface area contributed by atoms with Crippen LogP contribution in [0.3, 0.4) is 0 Å². The van der Waals surface area contributed by atoms with Gasteiger partial charge in [-0.3, -0.25) is 9.59 Å². The Balaban J connectivity index is 1.98. The van der Waals surface area contributed by atoms with Gasteiger partial charge in [-0.2, -0.15) is 4.31 Å². The summed E-state index contributed by atoms with van der Waals surface area (Å²) < 4.78 is 30.8. The zero-order valence-corrected chi connectivity index (χ0v) is 15.9. The molecule has 0 saturated carbocycles. The molecule has 0 aliphatic carbocycles. The molecule has 144 valence electrons. The number of amides is 2. The molecule has 2 rings (SSSR count). The van der Waals surface area contributed by atoms with Gasteiger partial charge < -0.3 is 14.5 Å². The van der Waals surface area contributed by atoms with Crippen molar-refractivity contribution in [1.82, 2.24) is 14.1 Å². The molecule has 26 heavy (non-hydrogen) atoms. The summed E-state index contributed by atoms with van der Waals surface area (Å²) in [5.74, 6) is 0.502. The summed E-state index contributed by atoms with van der Waals surface area (Å²) in [5, 5.41) is 0. The Kier molecular flexibility index (Phi) is 6.98. The number of carbonyl (C=O) groups excluding carboxylic acids is 2. The lowest BCUT2D eigenvalue weighted by Gasteiger charge is -2.33. The van der Waals surface area contributed by atoms with Gasteiger partial charge in [-0.05, 0) is 6.07 Å². The van der Waals surface area contributed by atoms with Gasteiger partial charge in [-0.15, -0.1) is 0 Å². The van der Waals surface area contributed by atoms with E-state index in [9.17, 15) is 18.0 Å². The fourth-order valence-corrected chi connectivity index (χ4v) is 3.64. The van der Waals surface area contributed by atoms with E-state index in [-0.39, 0.29) is 25.4 Å². The molecule has 0 unspecified atom stereocenters. The van der Waals surface area contributed by atoms with Crippen LogP contribution in [-0.4, -0.2) is 80.9 Å². The third-order valence-electron chi connectivity index (χ3n) is 4.40. The molecule has 1 fully saturated rings. The highest BCUT2D eigenvalue weighted by Gasteiger charge is 2.23. The SMILES string of the molecule is COc1ccccc1CN(CCC(=O)N1CCN(C=O)CC1)S(C)(=O)=O. The molecule has 0 N–H and O–H groups in total. The van der Waals surface area contributed by atoms with Crippen molar-refractivity contribution >= 4 is 22.3 Å². The molecule has 0 atom stereocenters. The second kappa shape index (κ2) is 9.00. The summed E-state index contributed by atoms with van der Waals surface area (Å²) in [7, 11) is -1.94. The molecule has 1 aromatic carbocycles. The van der Waals surface area contributed by atoms with E-state index in [0.717, 1.165) is 18.2 Å². The molecule has 1 saturated heterocycles. The second-order valence-corrected chi connectivity index (χ2v) is 8.16. The van der Waals surface area contributed by atoms with E-state index in [1.165, 1.54) is 11.4 Å². The number of methoxy groups -OCH3 is 1. The number of ether oxygens (including phenoxy) is 1. The van der Waals surface area contributed by atoms with Crippen molar-refractivity contribution in [2.24, 2.45) is 0 Å². The van der Waals surface area contributed by atoms with Crippen molar-refractivity contribution in [3.63, 3.8) is 0 Å². The average molecular weight is 383 g/mol. The van der Waals surface area contributed by atoms with E-state index < -0.39 is 10.0 Å². The van der Waals surface area contributed by atoms with Crippen molar-refractivity contribution in [3.05, 3.63) is 29.8 Å². The Morgan fingerprint density at radius 3 is 2.46 bits per heavy atom. The van der Waals surface area contributed by atoms with Crippen LogP contribution in [0.25, 0.3) is 0 Å². The topological polar surface area (TPSA) is 87.2 Å². The molecular weight excluding hydrogens is 358 g/mol. The van der Waals surface area contributed by atoms with Crippen LogP contribution in [0.2, 0.25) is 0 Å². The van der Waals surface area contributed by atoms with Crippen LogP contribution in [0.4, 0.5) is 0 Å². The van der Waals surface area contributed by atoms with Gasteiger partial charge in [0.05, 0.1) is 13.4 Å². The highest BCUT2D eigenvalue weighted by molar-refractivity contribution is 7.88. The molecule has 2 amide bonds. The maximum Gasteiger partial charge on any atom is 0.224 e. The zero-order valence-electron chi connectivity index (χ0n) is 15.1. The third-order valence-corrected chi connectivity index (χ3v) is 5.65. The Labute approximate surface area is 154 Å². The first-order valence-electron chi connectivity index (χ1n) is 8.39. The minimum absolute atomic E-state index is 0.101. The number of piperazine rings is 1. The second-order valence-electron chi connectivity index (χ2n) is 6.18. The minimum Gasteiger partial charge on any atom is -0.496 e. The fraction of sp³-hybridized carbons (Fsp3) is 0.529. The lowest BCUT2D eigenvalue weighted by Crippen LogP contribution is -2.48. The number of hydrogen-bond acceptors (Lipinski definition) is 5. The van der Waals surface area contributed by atoms with Crippen LogP contribution in [0.5, 0.6) is 5.75 Å². The maximum absolute atomic E-state index is 12.4. The van der Waals surface area contributed by atoms with Gasteiger partial charge in [0.15, 0.2) is 0 Å². The number of benzene rings is 1. The summed E-state index contributed by atoms with van der Waals surface area (Å²) >= 11 is 0. The highest BCUT2D eigenvalue weighted by atomic mass is 32.2. The number of rotatable bonds is 8. The van der Waals surface area contributed by atoms with Crippen molar-refractivity contribution in [3.8, 4) is 5.75 Å². The number of hydrogen-bond donors (Lipinski definition) is 0. The van der Waals surface area contributed by atoms with Crippen LogP contribution < -0.4 is 4.74 Å². The summed E-state index contributed by atoms with van der Waals surface area (Å²) in [4.78, 5) is 26.4. The third kappa shape index (κ3) is 5.43. The molecule has 1 aliphatic rings. The van der Waals surface area contributed by atoms with E-state index in [1.54, 1.807) is 21.9 Å². The van der Waals surface area contributed by atoms with Gasteiger partial charge in [0.25, 0.3) is 0 Å². The summed E-state index contributed by atoms with van der Waals surface area (Å²) in [6.45, 7) is 2.21. The zero-order chi connectivity index (χ0) is 19.2. The Hall–Kier alpha value is -2.13. The van der Waals surface area contributed by atoms with E-state index in [4.69, 9.17) is 4.74 Å². The molecule has 0 bridgehead atoms. The Morgan fingerprint density at radius 1 is 1.23 bits per heavy atom. The summed E-state index contributed by atoms with van der Waals surface area (Å²) in [6, 6.07) is 7.20. The van der Waals surface area contributed by atoms with Gasteiger partial charge in [-0.1, -0.05) is 18.2 Å². The lowest BCUT2D eigenvalue weighted by molar-refractivity contribution is -0.135. The Morgan fingerprint density at radius 2 is 1.88 bits per heavy atom. The maximum atomic E-state index is 12.4. The van der Waals surface area contributed by atoms with Gasteiger partial charge in [0.1, 0.15) is 5.75 Å². The van der Waals surface area contributed by atoms with Crippen molar-refractivity contribution in [2.75, 3.05) is 46.1 Å². The fourth-order valence-electron chi connectivity index (χ4n) is 2.84. The lowest BCUT2D eigenvalue weighted by atomic mass is 10.2. The molecule has 1 aromatic rings. The number of carbonyl (C=O) groups is 2. The first-order valence-corrected chi connectivity index (χ1v) is 10.2. The van der Waals surface area contributed by atoms with Gasteiger partial charge >= 0.3 is 0 Å². The quantitative estimate of drug-likeness (QED) is 0.596. The van der Waals surface area contributed by atoms with Crippen LogP contribution in [-0.2, 0) is 26.2 Å². The number of para-hydroxylation sites is 1. The molecular formula is C17H25N3O5S. The van der Waals surface area contributed by atoms with Crippen LogP contribution >= 0.6 is 0 Å². The highest BCUT2D eigenvalue weighted by Crippen LogP contribution is 2.20. The number of sulfonamides is 1. The molecule has 1 aliphatic heterocycles. The monoisotopic (exact) mass is 383 g/mol. The number of nitrogens with zero attached hydrogens (tertiary/aromatic N) is 3. The smallest absolute Gasteiger partial charge is 0.224 e. The first kappa shape index (κ1) is 20.2. The van der Waals surface area contributed by atoms with Crippen LogP contribution in [0.15, 0.2) is 24.3 Å². The van der Waals surface area contributed by atoms with Crippen LogP contribution in [0, 0.1) is 0 Å². The Bertz CT molecular complexity index is 730.